The van der Waals surface area contributed by atoms with E-state index in [0.717, 1.165) is 52.1 Å². The quantitative estimate of drug-likeness (QED) is 0.501. The SMILES string of the molecule is CC(=O)SC1CCN(C(C(=O)C2CC2)c2ccccc2F)C/C1=C\CN1CCOCC1.Cl.Cl. The van der Waals surface area contributed by atoms with Crippen molar-refractivity contribution < 1.29 is 18.7 Å². The molecule has 3 fully saturated rings. The number of hydrogen-bond acceptors (Lipinski definition) is 6. The predicted molar refractivity (Wildman–Crippen MR) is 135 cm³/mol. The maximum Gasteiger partial charge on any atom is 0.186 e. The van der Waals surface area contributed by atoms with Gasteiger partial charge in [0.15, 0.2) is 10.9 Å². The standard InChI is InChI=1S/C24H31FN2O3S.2ClH/c1-17(28)31-22-9-11-27(16-19(22)8-10-26-12-14-30-15-13-26)23(24(29)18-6-7-18)20-4-2-3-5-21(20)25;;/h2-5,8,18,22-23H,6-7,9-16H2,1H3;2*1H/b19-8+;;. The average Bonchev–Trinajstić information content (AvgIpc) is 3.61. The fourth-order valence-corrected chi connectivity index (χ4v) is 5.43. The summed E-state index contributed by atoms with van der Waals surface area (Å²) in [5.74, 6) is -0.134. The van der Waals surface area contributed by atoms with Crippen LogP contribution in [0.5, 0.6) is 0 Å². The Bertz CT molecular complexity index is 847. The van der Waals surface area contributed by atoms with Crippen LogP contribution in [0.3, 0.4) is 0 Å². The van der Waals surface area contributed by atoms with Gasteiger partial charge in [-0.2, -0.15) is 0 Å². The van der Waals surface area contributed by atoms with Gasteiger partial charge in [-0.1, -0.05) is 36.0 Å². The van der Waals surface area contributed by atoms with Crippen molar-refractivity contribution in [3.8, 4) is 0 Å². The number of morpholine rings is 1. The van der Waals surface area contributed by atoms with Crippen molar-refractivity contribution in [1.82, 2.24) is 9.80 Å². The molecule has 0 aromatic heterocycles. The molecule has 2 aliphatic heterocycles. The molecule has 1 aromatic carbocycles. The molecule has 2 heterocycles. The Balaban J connectivity index is 0.00000193. The van der Waals surface area contributed by atoms with E-state index in [9.17, 15) is 14.0 Å². The number of likely N-dealkylation sites (tertiary alicyclic amines) is 1. The van der Waals surface area contributed by atoms with Gasteiger partial charge in [-0.25, -0.2) is 4.39 Å². The minimum atomic E-state index is -0.552. The number of ketones is 1. The van der Waals surface area contributed by atoms with Crippen LogP contribution in [0.2, 0.25) is 0 Å². The summed E-state index contributed by atoms with van der Waals surface area (Å²) in [6, 6.07) is 6.10. The minimum Gasteiger partial charge on any atom is -0.379 e. The number of carbonyl (C=O) groups is 2. The fraction of sp³-hybridized carbons (Fsp3) is 0.583. The predicted octanol–water partition coefficient (Wildman–Crippen LogP) is 4.30. The number of hydrogen-bond donors (Lipinski definition) is 0. The minimum absolute atomic E-state index is 0. The van der Waals surface area contributed by atoms with E-state index in [4.69, 9.17) is 4.74 Å². The Morgan fingerprint density at radius 2 is 1.85 bits per heavy atom. The monoisotopic (exact) mass is 518 g/mol. The summed E-state index contributed by atoms with van der Waals surface area (Å²) in [5, 5.41) is 0.225. The molecule has 0 bridgehead atoms. The van der Waals surface area contributed by atoms with Crippen LogP contribution in [-0.4, -0.2) is 71.9 Å². The number of benzene rings is 1. The Kier molecular flexibility index (Phi) is 11.3. The second-order valence-electron chi connectivity index (χ2n) is 8.65. The molecule has 4 rings (SSSR count). The molecule has 0 spiro atoms. The van der Waals surface area contributed by atoms with Crippen LogP contribution >= 0.6 is 36.6 Å². The Hall–Kier alpha value is -0.960. The molecular weight excluding hydrogens is 486 g/mol. The molecule has 1 saturated carbocycles. The number of ether oxygens (including phenoxy) is 1. The second kappa shape index (κ2) is 13.2. The lowest BCUT2D eigenvalue weighted by atomic mass is 9.93. The third-order valence-corrected chi connectivity index (χ3v) is 7.47. The van der Waals surface area contributed by atoms with Crippen molar-refractivity contribution >= 4 is 47.5 Å². The molecule has 2 saturated heterocycles. The first-order chi connectivity index (χ1) is 15.0. The molecule has 1 aromatic rings. The van der Waals surface area contributed by atoms with Crippen LogP contribution in [0.1, 0.15) is 37.8 Å². The van der Waals surface area contributed by atoms with E-state index < -0.39 is 6.04 Å². The van der Waals surface area contributed by atoms with Crippen molar-refractivity contribution in [2.75, 3.05) is 45.9 Å². The molecule has 5 nitrogen and oxygen atoms in total. The van der Waals surface area contributed by atoms with E-state index in [1.54, 1.807) is 25.1 Å². The van der Waals surface area contributed by atoms with Gasteiger partial charge in [-0.05, 0) is 30.9 Å². The van der Waals surface area contributed by atoms with Crippen molar-refractivity contribution in [1.29, 1.82) is 0 Å². The smallest absolute Gasteiger partial charge is 0.186 e. The number of piperidine rings is 1. The molecule has 184 valence electrons. The largest absolute Gasteiger partial charge is 0.379 e. The third kappa shape index (κ3) is 7.51. The molecule has 2 unspecified atom stereocenters. The maximum absolute atomic E-state index is 14.7. The number of carbonyl (C=O) groups excluding carboxylic acids is 2. The van der Waals surface area contributed by atoms with E-state index in [-0.39, 0.29) is 52.7 Å². The number of nitrogens with zero attached hydrogens (tertiary/aromatic N) is 2. The lowest BCUT2D eigenvalue weighted by Gasteiger charge is -2.39. The summed E-state index contributed by atoms with van der Waals surface area (Å²) in [6.45, 7) is 6.96. The van der Waals surface area contributed by atoms with Gasteiger partial charge in [-0.15, -0.1) is 24.8 Å². The first-order valence-corrected chi connectivity index (χ1v) is 12.1. The van der Waals surface area contributed by atoms with Crippen LogP contribution in [0.15, 0.2) is 35.9 Å². The highest BCUT2D eigenvalue weighted by molar-refractivity contribution is 8.14. The molecule has 1 aliphatic carbocycles. The number of Topliss-reactive ketones (excluding diaryl/α,β-unsaturated/α-hetero) is 1. The van der Waals surface area contributed by atoms with Gasteiger partial charge in [0.2, 0.25) is 0 Å². The summed E-state index contributed by atoms with van der Waals surface area (Å²) < 4.78 is 20.2. The van der Waals surface area contributed by atoms with Crippen molar-refractivity contribution in [3.05, 3.63) is 47.3 Å². The number of rotatable bonds is 7. The Morgan fingerprint density at radius 3 is 2.48 bits per heavy atom. The highest BCUT2D eigenvalue weighted by atomic mass is 35.5. The molecular formula is C24H33Cl2FN2O3S. The van der Waals surface area contributed by atoms with Gasteiger partial charge in [0, 0.05) is 56.4 Å². The first kappa shape index (κ1) is 28.3. The van der Waals surface area contributed by atoms with Gasteiger partial charge in [0.1, 0.15) is 5.82 Å². The zero-order chi connectivity index (χ0) is 21.8. The summed E-state index contributed by atoms with van der Waals surface area (Å²) in [4.78, 5) is 29.5. The topological polar surface area (TPSA) is 49.9 Å². The van der Waals surface area contributed by atoms with Crippen molar-refractivity contribution in [3.63, 3.8) is 0 Å². The van der Waals surface area contributed by atoms with Gasteiger partial charge in [-0.3, -0.25) is 19.4 Å². The Labute approximate surface area is 212 Å². The molecule has 9 heteroatoms. The van der Waals surface area contributed by atoms with Gasteiger partial charge < -0.3 is 4.74 Å². The fourth-order valence-electron chi connectivity index (χ4n) is 4.48. The first-order valence-electron chi connectivity index (χ1n) is 11.2. The van der Waals surface area contributed by atoms with E-state index in [0.29, 0.717) is 18.7 Å². The van der Waals surface area contributed by atoms with E-state index in [1.165, 1.54) is 23.4 Å². The summed E-state index contributed by atoms with van der Waals surface area (Å²) in [6.07, 6.45) is 4.81. The lowest BCUT2D eigenvalue weighted by Crippen LogP contribution is -2.43. The van der Waals surface area contributed by atoms with Gasteiger partial charge in [0.25, 0.3) is 0 Å². The third-order valence-electron chi connectivity index (χ3n) is 6.32. The van der Waals surface area contributed by atoms with Crippen LogP contribution in [0.4, 0.5) is 4.39 Å². The zero-order valence-corrected chi connectivity index (χ0v) is 21.4. The van der Waals surface area contributed by atoms with E-state index >= 15 is 0 Å². The Morgan fingerprint density at radius 1 is 1.15 bits per heavy atom. The van der Waals surface area contributed by atoms with Gasteiger partial charge in [0.05, 0.1) is 19.3 Å². The number of halogens is 3. The van der Waals surface area contributed by atoms with Crippen LogP contribution in [-0.2, 0) is 14.3 Å². The normalized spacial score (nSPS) is 23.9. The lowest BCUT2D eigenvalue weighted by molar-refractivity contribution is -0.126. The van der Waals surface area contributed by atoms with Crippen LogP contribution in [0, 0.1) is 11.7 Å². The highest BCUT2D eigenvalue weighted by Gasteiger charge is 2.41. The van der Waals surface area contributed by atoms with Crippen LogP contribution < -0.4 is 0 Å². The molecule has 2 atom stereocenters. The molecule has 0 amide bonds. The molecule has 0 N–H and O–H groups in total. The molecule has 3 aliphatic rings. The molecule has 33 heavy (non-hydrogen) atoms. The summed E-state index contributed by atoms with van der Waals surface area (Å²) >= 11 is 1.37. The van der Waals surface area contributed by atoms with Crippen molar-refractivity contribution in [2.24, 2.45) is 5.92 Å². The van der Waals surface area contributed by atoms with E-state index in [2.05, 4.69) is 15.9 Å². The summed E-state index contributed by atoms with van der Waals surface area (Å²) in [7, 11) is 0. The average molecular weight is 520 g/mol. The highest BCUT2D eigenvalue weighted by Crippen LogP contribution is 2.40. The number of thioether (sulfide) groups is 1. The van der Waals surface area contributed by atoms with E-state index in [1.807, 2.05) is 0 Å². The van der Waals surface area contributed by atoms with Crippen LogP contribution in [0.25, 0.3) is 0 Å². The molecule has 0 radical (unpaired) electrons. The van der Waals surface area contributed by atoms with Gasteiger partial charge >= 0.3 is 0 Å². The zero-order valence-electron chi connectivity index (χ0n) is 18.9. The van der Waals surface area contributed by atoms with Crippen molar-refractivity contribution in [2.45, 2.75) is 37.5 Å². The second-order valence-corrected chi connectivity index (χ2v) is 10.0. The maximum atomic E-state index is 14.7. The summed E-state index contributed by atoms with van der Waals surface area (Å²) in [5.41, 5.74) is 1.65.